The second-order valence-corrected chi connectivity index (χ2v) is 35.7. The molecule has 117 heavy (non-hydrogen) atoms. The molecule has 4 aliphatic rings. The number of aliphatic hydroxyl groups is 10. The first-order valence-corrected chi connectivity index (χ1v) is 43.6. The number of amides is 1. The molecule has 0 bridgehead atoms. The van der Waals surface area contributed by atoms with Crippen molar-refractivity contribution in [3.05, 3.63) is 18.3 Å². The lowest BCUT2D eigenvalue weighted by atomic mass is 9.92. The van der Waals surface area contributed by atoms with E-state index < -0.39 is 326 Å². The van der Waals surface area contributed by atoms with E-state index in [2.05, 4.69) is 20.3 Å². The van der Waals surface area contributed by atoms with Gasteiger partial charge in [-0.25, -0.2) is 37.8 Å². The van der Waals surface area contributed by atoms with Gasteiger partial charge < -0.3 is 147 Å². The Labute approximate surface area is 675 Å². The van der Waals surface area contributed by atoms with Crippen molar-refractivity contribution in [2.45, 2.75) is 182 Å². The summed E-state index contributed by atoms with van der Waals surface area (Å²) in [4.78, 5) is 88.4. The molecule has 4 fully saturated rings. The van der Waals surface area contributed by atoms with E-state index in [9.17, 15) is 113 Å². The highest BCUT2D eigenvalue weighted by molar-refractivity contribution is 7.53. The van der Waals surface area contributed by atoms with Crippen LogP contribution in [0.25, 0.3) is 11.2 Å². The normalized spacial score (nSPS) is 30.1. The van der Waals surface area contributed by atoms with Crippen LogP contribution in [0, 0.1) is 30.1 Å². The largest absolute Gasteiger partial charge is 0.474 e. The highest BCUT2D eigenvalue weighted by Gasteiger charge is 2.49. The van der Waals surface area contributed by atoms with E-state index in [0.717, 1.165) is 6.92 Å². The molecule has 51 nitrogen and oxygen atoms in total. The first-order chi connectivity index (χ1) is 53.1. The molecule has 25 atom stereocenters. The molecule has 6 heterocycles. The van der Waals surface area contributed by atoms with Gasteiger partial charge in [0.25, 0.3) is 0 Å². The summed E-state index contributed by atoms with van der Waals surface area (Å²) < 4.78 is 202. The van der Waals surface area contributed by atoms with Crippen molar-refractivity contribution >= 4 is 63.8 Å². The fourth-order valence-corrected chi connectivity index (χ4v) is 14.7. The van der Waals surface area contributed by atoms with Crippen molar-refractivity contribution in [1.29, 1.82) is 0 Å². The van der Waals surface area contributed by atoms with Crippen LogP contribution in [0.15, 0.2) is 12.7 Å². The van der Waals surface area contributed by atoms with Gasteiger partial charge in [-0.2, -0.15) is 0 Å². The van der Waals surface area contributed by atoms with Crippen LogP contribution in [0.5, 0.6) is 0 Å². The van der Waals surface area contributed by atoms with Gasteiger partial charge in [-0.3, -0.25) is 59.2 Å². The second kappa shape index (κ2) is 52.1. The van der Waals surface area contributed by atoms with Gasteiger partial charge in [-0.05, 0) is 6.92 Å². The minimum atomic E-state index is -5.44. The summed E-state index contributed by atoms with van der Waals surface area (Å²) >= 11 is 0. The molecule has 57 heteroatoms. The minimum Gasteiger partial charge on any atom is -0.396 e. The Bertz CT molecular complexity index is 3400. The molecule has 2 aromatic heterocycles. The highest BCUT2D eigenvalue weighted by atomic mass is 31.2. The van der Waals surface area contributed by atoms with Gasteiger partial charge in [-0.15, -0.1) is 0 Å². The maximum absolute atomic E-state index is 13.6. The number of nitrogens with zero attached hydrogens (tertiary/aromatic N) is 4. The van der Waals surface area contributed by atoms with E-state index in [4.69, 9.17) is 107 Å². The topological polar surface area (TPSA) is 711 Å². The number of hydrogen-bond donors (Lipinski definition) is 17. The van der Waals surface area contributed by atoms with Crippen LogP contribution in [0.3, 0.4) is 0 Å². The zero-order chi connectivity index (χ0) is 83.7. The van der Waals surface area contributed by atoms with Crippen molar-refractivity contribution in [2.24, 2.45) is 23.2 Å². The van der Waals surface area contributed by atoms with Crippen molar-refractivity contribution in [2.75, 3.05) is 146 Å². The molecule has 0 radical (unpaired) electrons. The number of hydrogen-bond acceptors (Lipinski definition) is 43. The summed E-state index contributed by atoms with van der Waals surface area (Å²) in [6, 6.07) is -1.41. The van der Waals surface area contributed by atoms with E-state index in [1.807, 2.05) is 0 Å². The standard InChI is InChI=1S/C56H103N5O46P6.4CH4/c1-32(2)108(73,74)96-20-42-38(13-43(103-42)61-26-59-44-35(5)57-25-58-52(44)61)107-113(83,84)102-28-86-19-37(14-62)18-85-27-98-112(81,82)97-24-56(21-87-29-99-109(75,76)93-10-7-90-53-33(3)46(67)48(69)39(15-63)104-53,22-88-30-100-110(77,78)94-11-8-91-54-34(4)47(68)49(70)40(16-64)105-54)23-89-31-101-111(79,80)95-12-9-92-55-45(60-36(6)66)51(72)50(71)41(17-65)106-55;;;;/h25-26,32-34,37-43,45-51,53-55,62-65,67-72H,7-24,27-31H2,1-6H3,(H,60,66)(H,73,74)(H,75,76)(H,77,78)(H,79,80)(H,81,82)(H,83,84);4*1H4/t33?,34?,37?,38-,39?,40?,41?,42+,43+,45?,46+,47+,48-,49-,50-,51+,53+,54+,55+,56?;;;;/m0..../s1. The number of carbonyl (C=O) groups is 1. The number of rotatable bonds is 55. The van der Waals surface area contributed by atoms with Crippen LogP contribution in [0.2, 0.25) is 0 Å². The summed E-state index contributed by atoms with van der Waals surface area (Å²) in [7, 11) is -30.2. The Hall–Kier alpha value is -2.16. The summed E-state index contributed by atoms with van der Waals surface area (Å²) in [6.07, 6.45) is -18.1. The Morgan fingerprint density at radius 3 is 1.36 bits per heavy atom. The maximum Gasteiger partial charge on any atom is 0.474 e. The van der Waals surface area contributed by atoms with Gasteiger partial charge in [0.05, 0.1) is 148 Å². The molecule has 17 N–H and O–H groups in total. The molecule has 690 valence electrons. The number of phosphoric ester groups is 5. The van der Waals surface area contributed by atoms with E-state index in [0.29, 0.717) is 16.9 Å². The molecule has 0 aliphatic carbocycles. The molecule has 2 aromatic rings. The summed E-state index contributed by atoms with van der Waals surface area (Å²) in [5, 5.41) is 103. The van der Waals surface area contributed by atoms with Crippen molar-refractivity contribution in [1.82, 2.24) is 24.8 Å². The smallest absolute Gasteiger partial charge is 0.396 e. The van der Waals surface area contributed by atoms with Crippen molar-refractivity contribution in [3.8, 4) is 0 Å². The van der Waals surface area contributed by atoms with Gasteiger partial charge in [0, 0.05) is 31.1 Å². The lowest BCUT2D eigenvalue weighted by Gasteiger charge is -2.42. The van der Waals surface area contributed by atoms with Crippen LogP contribution >= 0.6 is 46.7 Å². The molecular weight excluding hydrogens is 1710 g/mol. The Balaban J connectivity index is 0.0000116. The lowest BCUT2D eigenvalue weighted by Crippen LogP contribution is -2.64. The molecule has 0 aromatic carbocycles. The van der Waals surface area contributed by atoms with E-state index in [1.165, 1.54) is 44.9 Å². The van der Waals surface area contributed by atoms with Gasteiger partial charge in [0.1, 0.15) is 79.0 Å². The number of phosphoric acid groups is 5. The molecule has 13 unspecified atom stereocenters. The molecule has 0 saturated carbocycles. The van der Waals surface area contributed by atoms with Crippen LogP contribution in [-0.2, 0) is 139 Å². The highest BCUT2D eigenvalue weighted by Crippen LogP contribution is 2.52. The lowest BCUT2D eigenvalue weighted by molar-refractivity contribution is -0.283. The molecule has 4 aliphatic heterocycles. The first-order valence-electron chi connectivity index (χ1n) is 34.5. The molecular formula is C60H119N5O46P6. The average molecular weight is 1830 g/mol. The molecule has 0 spiro atoms. The number of aliphatic hydroxyl groups excluding tert-OH is 10. The zero-order valence-corrected chi connectivity index (χ0v) is 67.2. The number of aromatic nitrogens is 4. The monoisotopic (exact) mass is 1830 g/mol. The Morgan fingerprint density at radius 1 is 0.521 bits per heavy atom. The van der Waals surface area contributed by atoms with Crippen LogP contribution in [0.1, 0.15) is 82.7 Å². The Morgan fingerprint density at radius 2 is 0.932 bits per heavy atom. The predicted octanol–water partition coefficient (Wildman–Crippen LogP) is -0.777. The fraction of sp³-hybridized carbons (Fsp3) is 0.900. The first kappa shape index (κ1) is 111. The zero-order valence-electron chi connectivity index (χ0n) is 61.8. The SMILES string of the molecule is C.C.C.C.CC(=O)NC1[C@H](OCCOP(=O)(O)OCOCC(COCOP(=O)(O)OCCO[C@@H]2OC(CO)[C@H](O)[C@H](O)C2C)(COCOP(=O)(O)OCCO[C@@H]2OC(CO)[C@H](O)[C@H](O)C2C)COP(=O)(O)OCOCC(CO)COCOP(=O)(O)O[C@H]2C[C@H](n3cnc4c(C)ncnc43)O[C@@H]2COP(=O)(O)C(C)C)OC(CO)[C@H](O)[C@@H]1O. The fourth-order valence-electron chi connectivity index (χ4n) is 10.7. The van der Waals surface area contributed by atoms with Gasteiger partial charge in [-0.1, -0.05) is 57.4 Å². The van der Waals surface area contributed by atoms with Gasteiger partial charge in [0.15, 0.2) is 58.5 Å². The third kappa shape index (κ3) is 35.7. The van der Waals surface area contributed by atoms with Gasteiger partial charge in [0.2, 0.25) is 5.91 Å². The number of nitrogens with one attached hydrogen (secondary N) is 1. The number of carbonyl (C=O) groups excluding carboxylic acids is 1. The predicted molar refractivity (Wildman–Crippen MR) is 394 cm³/mol. The second-order valence-electron chi connectivity index (χ2n) is 26.1. The van der Waals surface area contributed by atoms with E-state index in [-0.39, 0.29) is 36.1 Å². The average Bonchev–Trinajstić information content (AvgIpc) is 1.65. The third-order valence-corrected chi connectivity index (χ3v) is 23.6. The van der Waals surface area contributed by atoms with E-state index >= 15 is 0 Å². The number of ether oxygens (including phenoxy) is 12. The van der Waals surface area contributed by atoms with Crippen LogP contribution in [0.4, 0.5) is 0 Å². The van der Waals surface area contributed by atoms with Crippen molar-refractivity contribution < 1.29 is 219 Å². The number of imidazole rings is 1. The number of aryl methyl sites for hydroxylation is 1. The quantitative estimate of drug-likeness (QED) is 0.0219. The molecule has 6 rings (SSSR count). The summed E-state index contributed by atoms with van der Waals surface area (Å²) in [6.45, 7) is -9.74. The van der Waals surface area contributed by atoms with Gasteiger partial charge >= 0.3 is 46.7 Å². The molecule has 4 saturated heterocycles. The van der Waals surface area contributed by atoms with Crippen molar-refractivity contribution in [3.63, 3.8) is 0 Å². The third-order valence-electron chi connectivity index (χ3n) is 17.1. The maximum atomic E-state index is 13.6. The molecule has 1 amide bonds. The summed E-state index contributed by atoms with van der Waals surface area (Å²) in [5.74, 6) is -3.45. The number of fused-ring (bicyclic) bond motifs is 1. The van der Waals surface area contributed by atoms with Crippen LogP contribution in [-0.4, -0.2) is 350 Å². The van der Waals surface area contributed by atoms with E-state index in [1.54, 1.807) is 6.92 Å². The minimum absolute atomic E-state index is 0. The summed E-state index contributed by atoms with van der Waals surface area (Å²) in [5.41, 5.74) is -1.72. The van der Waals surface area contributed by atoms with Crippen LogP contribution < -0.4 is 5.32 Å². The Kier molecular flexibility index (Phi) is 49.4.